The van der Waals surface area contributed by atoms with E-state index >= 15 is 0 Å². The Labute approximate surface area is 180 Å². The molecule has 3 N–H and O–H groups in total. The normalized spacial score (nSPS) is 19.1. The monoisotopic (exact) mass is 470 g/mol. The maximum Gasteiger partial charge on any atom is 0.435 e. The van der Waals surface area contributed by atoms with Crippen molar-refractivity contribution < 1.29 is 36.0 Å². The Morgan fingerprint density at radius 2 is 1.66 bits per heavy atom. The molecule has 0 aromatic heterocycles. The van der Waals surface area contributed by atoms with Gasteiger partial charge in [0.2, 0.25) is 15.9 Å². The third-order valence-electron chi connectivity index (χ3n) is 4.49. The van der Waals surface area contributed by atoms with Crippen molar-refractivity contribution in [1.82, 2.24) is 14.9 Å². The zero-order valence-corrected chi connectivity index (χ0v) is 17.3. The second-order valence-corrected chi connectivity index (χ2v) is 8.55. The molecule has 9 nitrogen and oxygen atoms in total. The van der Waals surface area contributed by atoms with Crippen LogP contribution in [-0.4, -0.2) is 43.0 Å². The quantitative estimate of drug-likeness (QED) is 0.557. The van der Waals surface area contributed by atoms with Crippen LogP contribution in [0.3, 0.4) is 0 Å². The summed E-state index contributed by atoms with van der Waals surface area (Å²) in [5.74, 6) is -2.25. The third kappa shape index (κ3) is 4.43. The number of amides is 4. The number of carbonyl (C=O) groups is 3. The smallest absolute Gasteiger partial charge is 0.326 e. The number of alkyl halides is 3. The van der Waals surface area contributed by atoms with Crippen LogP contribution >= 0.6 is 0 Å². The fourth-order valence-corrected chi connectivity index (χ4v) is 4.26. The van der Waals surface area contributed by atoms with Crippen molar-refractivity contribution in [1.29, 1.82) is 0 Å². The van der Waals surface area contributed by atoms with E-state index in [1.54, 1.807) is 18.2 Å². The van der Waals surface area contributed by atoms with E-state index in [9.17, 15) is 36.0 Å². The molecule has 170 valence electrons. The summed E-state index contributed by atoms with van der Waals surface area (Å²) >= 11 is 0. The summed E-state index contributed by atoms with van der Waals surface area (Å²) in [6.07, 6.45) is -5.49. The minimum Gasteiger partial charge on any atom is -0.326 e. The number of anilines is 1. The molecule has 4 amide bonds. The molecule has 1 aliphatic rings. The van der Waals surface area contributed by atoms with E-state index in [1.807, 2.05) is 0 Å². The van der Waals surface area contributed by atoms with Gasteiger partial charge in [0, 0.05) is 12.6 Å². The van der Waals surface area contributed by atoms with E-state index in [4.69, 9.17) is 0 Å². The molecular formula is C19H17F3N4O5S. The Balaban J connectivity index is 1.93. The van der Waals surface area contributed by atoms with Gasteiger partial charge in [-0.3, -0.25) is 14.5 Å². The number of halogens is 3. The van der Waals surface area contributed by atoms with Crippen molar-refractivity contribution in [3.05, 3.63) is 60.2 Å². The van der Waals surface area contributed by atoms with E-state index in [1.165, 1.54) is 29.1 Å². The molecule has 2 aromatic carbocycles. The van der Waals surface area contributed by atoms with Gasteiger partial charge < -0.3 is 10.6 Å². The number of imide groups is 1. The minimum absolute atomic E-state index is 0.210. The Morgan fingerprint density at radius 1 is 1.06 bits per heavy atom. The van der Waals surface area contributed by atoms with Crippen molar-refractivity contribution in [2.24, 2.45) is 0 Å². The molecule has 1 atom stereocenters. The number of nitrogens with zero attached hydrogens (tertiary/aromatic N) is 1. The molecule has 0 radical (unpaired) electrons. The van der Waals surface area contributed by atoms with Gasteiger partial charge in [-0.25, -0.2) is 13.2 Å². The predicted molar refractivity (Wildman–Crippen MR) is 105 cm³/mol. The summed E-state index contributed by atoms with van der Waals surface area (Å²) in [4.78, 5) is 35.7. The maximum absolute atomic E-state index is 14.0. The molecule has 1 fully saturated rings. The lowest BCUT2D eigenvalue weighted by atomic mass is 10.1. The summed E-state index contributed by atoms with van der Waals surface area (Å²) in [6, 6.07) is 10.6. The fraction of sp³-hybridized carbons (Fsp3) is 0.211. The molecule has 0 bridgehead atoms. The molecule has 3 rings (SSSR count). The lowest BCUT2D eigenvalue weighted by molar-refractivity contribution is -0.198. The van der Waals surface area contributed by atoms with E-state index in [-0.39, 0.29) is 10.6 Å². The van der Waals surface area contributed by atoms with E-state index in [0.717, 1.165) is 24.3 Å². The van der Waals surface area contributed by atoms with Gasteiger partial charge in [0.05, 0.1) is 11.4 Å². The van der Waals surface area contributed by atoms with Crippen molar-refractivity contribution in [3.63, 3.8) is 0 Å². The Hall–Kier alpha value is -3.45. The van der Waals surface area contributed by atoms with Gasteiger partial charge in [-0.2, -0.15) is 17.9 Å². The highest BCUT2D eigenvalue weighted by atomic mass is 32.2. The number of hydrogen-bond acceptors (Lipinski definition) is 5. The van der Waals surface area contributed by atoms with Gasteiger partial charge in [0.15, 0.2) is 0 Å². The Kier molecular flexibility index (Phi) is 5.98. The number of benzene rings is 2. The van der Waals surface area contributed by atoms with Crippen LogP contribution in [0, 0.1) is 0 Å². The molecule has 1 heterocycles. The first kappa shape index (κ1) is 23.2. The van der Waals surface area contributed by atoms with E-state index < -0.39 is 51.1 Å². The number of rotatable bonds is 6. The zero-order valence-electron chi connectivity index (χ0n) is 16.4. The molecule has 0 spiro atoms. The molecule has 0 aliphatic carbocycles. The minimum atomic E-state index is -5.49. The van der Waals surface area contributed by atoms with E-state index in [0.29, 0.717) is 5.56 Å². The van der Waals surface area contributed by atoms with Crippen molar-refractivity contribution in [2.75, 3.05) is 5.32 Å². The SMILES string of the molecule is CC(=O)Nc1ccc(S(=O)(=O)N[C@@]2(C(F)(F)F)NC(=O)N(Cc3ccccc3)C2=O)cc1. The van der Waals surface area contributed by atoms with Crippen LogP contribution < -0.4 is 15.4 Å². The number of urea groups is 1. The van der Waals surface area contributed by atoms with Gasteiger partial charge in [0.1, 0.15) is 0 Å². The number of nitrogens with one attached hydrogen (secondary N) is 3. The van der Waals surface area contributed by atoms with Crippen LogP contribution in [0.15, 0.2) is 59.5 Å². The standard InChI is InChI=1S/C19H17F3N4O5S/c1-12(27)23-14-7-9-15(10-8-14)32(30,31)25-18(19(20,21)22)16(28)26(17(29)24-18)11-13-5-3-2-4-6-13/h2-10,25H,11H2,1H3,(H,23,27)(H,24,29)/t18-/m0/s1. The average molecular weight is 470 g/mol. The second-order valence-electron chi connectivity index (χ2n) is 6.87. The third-order valence-corrected chi connectivity index (χ3v) is 5.95. The highest BCUT2D eigenvalue weighted by molar-refractivity contribution is 7.89. The van der Waals surface area contributed by atoms with Crippen LogP contribution in [0.2, 0.25) is 0 Å². The largest absolute Gasteiger partial charge is 0.435 e. The molecule has 0 unspecified atom stereocenters. The highest BCUT2D eigenvalue weighted by Crippen LogP contribution is 2.35. The zero-order chi connectivity index (χ0) is 23.7. The topological polar surface area (TPSA) is 125 Å². The van der Waals surface area contributed by atoms with E-state index in [2.05, 4.69) is 5.32 Å². The van der Waals surface area contributed by atoms with Crippen molar-refractivity contribution in [2.45, 2.75) is 30.2 Å². The van der Waals surface area contributed by atoms with Gasteiger partial charge in [0.25, 0.3) is 11.6 Å². The Bertz CT molecular complexity index is 1150. The molecule has 2 aromatic rings. The molecule has 13 heteroatoms. The van der Waals surface area contributed by atoms with Crippen LogP contribution in [0.25, 0.3) is 0 Å². The fourth-order valence-electron chi connectivity index (χ4n) is 2.99. The molecular weight excluding hydrogens is 453 g/mol. The first-order chi connectivity index (χ1) is 14.9. The first-order valence-corrected chi connectivity index (χ1v) is 10.5. The second kappa shape index (κ2) is 8.24. The van der Waals surface area contributed by atoms with Gasteiger partial charge in [-0.1, -0.05) is 30.3 Å². The lowest BCUT2D eigenvalue weighted by Gasteiger charge is -2.29. The highest BCUT2D eigenvalue weighted by Gasteiger charge is 2.69. The number of hydrogen-bond donors (Lipinski definition) is 3. The molecule has 0 saturated carbocycles. The average Bonchev–Trinajstić information content (AvgIpc) is 2.93. The van der Waals surface area contributed by atoms with Crippen molar-refractivity contribution in [3.8, 4) is 0 Å². The summed E-state index contributed by atoms with van der Waals surface area (Å²) in [5.41, 5.74) is -3.31. The Morgan fingerprint density at radius 3 is 2.19 bits per heavy atom. The number of carbonyl (C=O) groups excluding carboxylic acids is 3. The predicted octanol–water partition coefficient (Wildman–Crippen LogP) is 1.93. The molecule has 1 saturated heterocycles. The summed E-state index contributed by atoms with van der Waals surface area (Å²) in [5, 5.41) is 3.83. The van der Waals surface area contributed by atoms with Crippen LogP contribution in [-0.2, 0) is 26.2 Å². The van der Waals surface area contributed by atoms with Gasteiger partial charge in [-0.05, 0) is 29.8 Å². The summed E-state index contributed by atoms with van der Waals surface area (Å²) < 4.78 is 68.6. The van der Waals surface area contributed by atoms with Crippen LogP contribution in [0.5, 0.6) is 0 Å². The van der Waals surface area contributed by atoms with Crippen molar-refractivity contribution >= 4 is 33.6 Å². The summed E-state index contributed by atoms with van der Waals surface area (Å²) in [7, 11) is -4.93. The van der Waals surface area contributed by atoms with Crippen LogP contribution in [0.1, 0.15) is 12.5 Å². The lowest BCUT2D eigenvalue weighted by Crippen LogP contribution is -2.69. The van der Waals surface area contributed by atoms with Gasteiger partial charge >= 0.3 is 12.2 Å². The number of sulfonamides is 1. The maximum atomic E-state index is 14.0. The van der Waals surface area contributed by atoms with Gasteiger partial charge in [-0.15, -0.1) is 0 Å². The molecule has 32 heavy (non-hydrogen) atoms. The molecule has 1 aliphatic heterocycles. The first-order valence-electron chi connectivity index (χ1n) is 9.02. The summed E-state index contributed by atoms with van der Waals surface area (Å²) in [6.45, 7) is 0.728. The van der Waals surface area contributed by atoms with Crippen LogP contribution in [0.4, 0.5) is 23.7 Å².